The Morgan fingerprint density at radius 3 is 2.94 bits per heavy atom. The first-order chi connectivity index (χ1) is 7.65. The molecule has 2 atom stereocenters. The zero-order chi connectivity index (χ0) is 11.5. The van der Waals surface area contributed by atoms with Crippen molar-refractivity contribution in [2.75, 3.05) is 5.32 Å². The minimum atomic E-state index is -0.338. The molecule has 3 N–H and O–H groups in total. The van der Waals surface area contributed by atoms with Crippen LogP contribution in [0, 0.1) is 6.92 Å². The molecule has 5 heteroatoms. The fraction of sp³-hybridized carbons (Fsp3) is 0.636. The van der Waals surface area contributed by atoms with Gasteiger partial charge in [0.2, 0.25) is 0 Å². The van der Waals surface area contributed by atoms with Gasteiger partial charge >= 0.3 is 0 Å². The molecule has 1 heterocycles. The number of aryl methyl sites for hydroxylation is 1. The Labute approximate surface area is 93.9 Å². The first kappa shape index (κ1) is 11.1. The van der Waals surface area contributed by atoms with Crippen molar-refractivity contribution < 1.29 is 5.11 Å². The average molecular weight is 223 g/mol. The largest absolute Gasteiger partial charge is 0.391 e. The summed E-state index contributed by atoms with van der Waals surface area (Å²) in [4.78, 5) is 18.0. The molecule has 1 aromatic heterocycles. The first-order valence-corrected chi connectivity index (χ1v) is 5.68. The van der Waals surface area contributed by atoms with E-state index in [0.717, 1.165) is 25.7 Å². The molecule has 0 spiro atoms. The Balaban J connectivity index is 2.10. The second-order valence-electron chi connectivity index (χ2n) is 4.32. The molecule has 0 amide bonds. The van der Waals surface area contributed by atoms with Crippen LogP contribution in [0.2, 0.25) is 0 Å². The Hall–Kier alpha value is -1.36. The van der Waals surface area contributed by atoms with Crippen molar-refractivity contribution in [1.29, 1.82) is 0 Å². The van der Waals surface area contributed by atoms with Gasteiger partial charge < -0.3 is 15.4 Å². The molecule has 88 valence electrons. The van der Waals surface area contributed by atoms with Gasteiger partial charge in [-0.2, -0.15) is 0 Å². The zero-order valence-corrected chi connectivity index (χ0v) is 9.36. The van der Waals surface area contributed by atoms with E-state index in [0.29, 0.717) is 11.6 Å². The molecule has 2 rings (SSSR count). The van der Waals surface area contributed by atoms with Crippen LogP contribution in [-0.2, 0) is 0 Å². The third-order valence-electron chi connectivity index (χ3n) is 2.92. The summed E-state index contributed by atoms with van der Waals surface area (Å²) in [6, 6.07) is 1.44. The quantitative estimate of drug-likeness (QED) is 0.692. The molecule has 2 unspecified atom stereocenters. The minimum absolute atomic E-state index is 0.0162. The number of aliphatic hydroxyl groups is 1. The molecule has 1 aromatic rings. The van der Waals surface area contributed by atoms with E-state index in [4.69, 9.17) is 0 Å². The van der Waals surface area contributed by atoms with Crippen LogP contribution in [0.4, 0.5) is 5.82 Å². The third kappa shape index (κ3) is 2.61. The number of aromatic nitrogens is 2. The van der Waals surface area contributed by atoms with Crippen LogP contribution in [0.3, 0.4) is 0 Å². The first-order valence-electron chi connectivity index (χ1n) is 5.68. The number of nitrogens with one attached hydrogen (secondary N) is 2. The summed E-state index contributed by atoms with van der Waals surface area (Å²) in [5, 5.41) is 12.9. The zero-order valence-electron chi connectivity index (χ0n) is 9.36. The SMILES string of the molecule is Cc1nc(NC2CCCCC2O)cc(=O)[nH]1. The van der Waals surface area contributed by atoms with E-state index in [9.17, 15) is 9.90 Å². The highest BCUT2D eigenvalue weighted by atomic mass is 16.3. The molecule has 0 aliphatic heterocycles. The number of nitrogens with zero attached hydrogens (tertiary/aromatic N) is 1. The maximum Gasteiger partial charge on any atom is 0.252 e. The Kier molecular flexibility index (Phi) is 3.24. The van der Waals surface area contributed by atoms with Crippen LogP contribution in [0.25, 0.3) is 0 Å². The lowest BCUT2D eigenvalue weighted by Crippen LogP contribution is -2.37. The highest BCUT2D eigenvalue weighted by Crippen LogP contribution is 2.20. The van der Waals surface area contributed by atoms with Gasteiger partial charge in [-0.15, -0.1) is 0 Å². The van der Waals surface area contributed by atoms with Gasteiger partial charge in [0.25, 0.3) is 5.56 Å². The highest BCUT2D eigenvalue weighted by molar-refractivity contribution is 5.34. The number of aromatic amines is 1. The van der Waals surface area contributed by atoms with Gasteiger partial charge in [0, 0.05) is 6.07 Å². The van der Waals surface area contributed by atoms with E-state index in [1.165, 1.54) is 6.07 Å². The third-order valence-corrected chi connectivity index (χ3v) is 2.92. The summed E-state index contributed by atoms with van der Waals surface area (Å²) in [5.41, 5.74) is -0.166. The van der Waals surface area contributed by atoms with Crippen LogP contribution in [0.1, 0.15) is 31.5 Å². The summed E-state index contributed by atoms with van der Waals surface area (Å²) in [6.07, 6.45) is 3.59. The van der Waals surface area contributed by atoms with Gasteiger partial charge in [-0.05, 0) is 19.8 Å². The van der Waals surface area contributed by atoms with Gasteiger partial charge in [-0.3, -0.25) is 4.79 Å². The summed E-state index contributed by atoms with van der Waals surface area (Å²) < 4.78 is 0. The van der Waals surface area contributed by atoms with Crippen LogP contribution in [0.5, 0.6) is 0 Å². The second-order valence-corrected chi connectivity index (χ2v) is 4.32. The van der Waals surface area contributed by atoms with Crippen LogP contribution in [0.15, 0.2) is 10.9 Å². The Morgan fingerprint density at radius 1 is 1.50 bits per heavy atom. The number of hydrogen-bond acceptors (Lipinski definition) is 4. The van der Waals surface area contributed by atoms with Crippen molar-refractivity contribution in [2.45, 2.75) is 44.8 Å². The number of H-pyrrole nitrogens is 1. The second kappa shape index (κ2) is 4.65. The lowest BCUT2D eigenvalue weighted by molar-refractivity contribution is 0.116. The maximum absolute atomic E-state index is 11.2. The summed E-state index contributed by atoms with van der Waals surface area (Å²) in [6.45, 7) is 1.74. The molecule has 1 fully saturated rings. The molecule has 16 heavy (non-hydrogen) atoms. The number of hydrogen-bond donors (Lipinski definition) is 3. The number of rotatable bonds is 2. The molecular weight excluding hydrogens is 206 g/mol. The van der Waals surface area contributed by atoms with E-state index in [1.807, 2.05) is 0 Å². The van der Waals surface area contributed by atoms with Crippen LogP contribution in [-0.4, -0.2) is 27.2 Å². The predicted octanol–water partition coefficient (Wildman–Crippen LogP) is 0.794. The minimum Gasteiger partial charge on any atom is -0.391 e. The molecule has 0 radical (unpaired) electrons. The average Bonchev–Trinajstić information content (AvgIpc) is 2.20. The standard InChI is InChI=1S/C11H17N3O2/c1-7-12-10(6-11(16)13-7)14-8-4-2-3-5-9(8)15/h6,8-9,15H,2-5H2,1H3,(H2,12,13,14,16). The van der Waals surface area contributed by atoms with Crippen molar-refractivity contribution in [3.8, 4) is 0 Å². The fourth-order valence-corrected chi connectivity index (χ4v) is 2.12. The molecule has 0 saturated heterocycles. The smallest absolute Gasteiger partial charge is 0.252 e. The van der Waals surface area contributed by atoms with Crippen molar-refractivity contribution in [3.63, 3.8) is 0 Å². The normalized spacial score (nSPS) is 25.4. The lowest BCUT2D eigenvalue weighted by Gasteiger charge is -2.28. The Bertz CT molecular complexity index is 416. The maximum atomic E-state index is 11.2. The van der Waals surface area contributed by atoms with E-state index >= 15 is 0 Å². The van der Waals surface area contributed by atoms with E-state index < -0.39 is 0 Å². The monoisotopic (exact) mass is 223 g/mol. The van der Waals surface area contributed by atoms with Crippen LogP contribution >= 0.6 is 0 Å². The Morgan fingerprint density at radius 2 is 2.25 bits per heavy atom. The van der Waals surface area contributed by atoms with Gasteiger partial charge in [0.1, 0.15) is 11.6 Å². The molecular formula is C11H17N3O2. The highest BCUT2D eigenvalue weighted by Gasteiger charge is 2.23. The summed E-state index contributed by atoms with van der Waals surface area (Å²) in [7, 11) is 0. The van der Waals surface area contributed by atoms with Crippen molar-refractivity contribution in [2.24, 2.45) is 0 Å². The lowest BCUT2D eigenvalue weighted by atomic mass is 9.93. The number of anilines is 1. The van der Waals surface area contributed by atoms with Crippen molar-refractivity contribution >= 4 is 5.82 Å². The summed E-state index contributed by atoms with van der Waals surface area (Å²) in [5.74, 6) is 1.13. The molecule has 0 bridgehead atoms. The fourth-order valence-electron chi connectivity index (χ4n) is 2.12. The van der Waals surface area contributed by atoms with E-state index in [1.54, 1.807) is 6.92 Å². The van der Waals surface area contributed by atoms with Gasteiger partial charge in [0.15, 0.2) is 0 Å². The van der Waals surface area contributed by atoms with Gasteiger partial charge in [-0.25, -0.2) is 4.98 Å². The molecule has 0 aromatic carbocycles. The molecule has 5 nitrogen and oxygen atoms in total. The predicted molar refractivity (Wildman–Crippen MR) is 61.5 cm³/mol. The van der Waals surface area contributed by atoms with E-state index in [-0.39, 0.29) is 17.7 Å². The molecule has 1 saturated carbocycles. The van der Waals surface area contributed by atoms with E-state index in [2.05, 4.69) is 15.3 Å². The van der Waals surface area contributed by atoms with Crippen molar-refractivity contribution in [3.05, 3.63) is 22.2 Å². The van der Waals surface area contributed by atoms with Gasteiger partial charge in [0.05, 0.1) is 12.1 Å². The van der Waals surface area contributed by atoms with Gasteiger partial charge in [-0.1, -0.05) is 12.8 Å². The summed E-state index contributed by atoms with van der Waals surface area (Å²) >= 11 is 0. The van der Waals surface area contributed by atoms with Crippen molar-refractivity contribution in [1.82, 2.24) is 9.97 Å². The van der Waals surface area contributed by atoms with Crippen LogP contribution < -0.4 is 10.9 Å². The molecule has 1 aliphatic rings. The molecule has 1 aliphatic carbocycles. The topological polar surface area (TPSA) is 78.0 Å². The number of aliphatic hydroxyl groups excluding tert-OH is 1.